The third-order valence-corrected chi connectivity index (χ3v) is 2.67. The molecule has 0 aromatic heterocycles. The van der Waals surface area contributed by atoms with E-state index < -0.39 is 6.04 Å². The van der Waals surface area contributed by atoms with Crippen molar-refractivity contribution in [1.29, 1.82) is 0 Å². The number of nitrogens with two attached hydrogens (primary N) is 1. The lowest BCUT2D eigenvalue weighted by Crippen LogP contribution is -2.41. The summed E-state index contributed by atoms with van der Waals surface area (Å²) in [5.41, 5.74) is 6.57. The summed E-state index contributed by atoms with van der Waals surface area (Å²) >= 11 is 0. The van der Waals surface area contributed by atoms with Gasteiger partial charge in [-0.2, -0.15) is 0 Å². The highest BCUT2D eigenvalue weighted by Gasteiger charge is 2.15. The summed E-state index contributed by atoms with van der Waals surface area (Å²) < 4.78 is 12.7. The predicted octanol–water partition coefficient (Wildman–Crippen LogP) is 2.13. The Kier molecular flexibility index (Phi) is 5.10. The molecule has 0 radical (unpaired) electrons. The third kappa shape index (κ3) is 4.15. The molecule has 94 valence electrons. The summed E-state index contributed by atoms with van der Waals surface area (Å²) in [7, 11) is 0. The largest absolute Gasteiger partial charge is 0.348 e. The molecule has 3 N–H and O–H groups in total. The molecule has 2 unspecified atom stereocenters. The average Bonchev–Trinajstić information content (AvgIpc) is 2.30. The Morgan fingerprint density at radius 1 is 1.41 bits per heavy atom. The van der Waals surface area contributed by atoms with Crippen molar-refractivity contribution in [3.63, 3.8) is 0 Å². The molecular formula is C13H19FN2O. The highest BCUT2D eigenvalue weighted by molar-refractivity contribution is 5.81. The molecule has 1 rings (SSSR count). The van der Waals surface area contributed by atoms with Gasteiger partial charge in [-0.05, 0) is 31.0 Å². The molecule has 0 fully saturated rings. The lowest BCUT2D eigenvalue weighted by atomic mass is 10.1. The molecule has 0 aliphatic heterocycles. The molecule has 0 saturated carbocycles. The van der Waals surface area contributed by atoms with Gasteiger partial charge < -0.3 is 11.1 Å². The van der Waals surface area contributed by atoms with Crippen molar-refractivity contribution < 1.29 is 9.18 Å². The molecule has 0 bridgehead atoms. The maximum absolute atomic E-state index is 12.7. The second-order valence-corrected chi connectivity index (χ2v) is 4.18. The quantitative estimate of drug-likeness (QED) is 0.825. The Balaban J connectivity index is 2.57. The van der Waals surface area contributed by atoms with Crippen LogP contribution in [0.5, 0.6) is 0 Å². The molecule has 0 saturated heterocycles. The van der Waals surface area contributed by atoms with E-state index in [0.717, 1.165) is 12.0 Å². The SMILES string of the molecule is CCCC(N)C(=O)NC(C)c1ccc(F)cc1. The first-order valence-electron chi connectivity index (χ1n) is 5.86. The van der Waals surface area contributed by atoms with E-state index in [1.807, 2.05) is 13.8 Å². The van der Waals surface area contributed by atoms with Crippen LogP contribution in [0.3, 0.4) is 0 Å². The van der Waals surface area contributed by atoms with Crippen molar-refractivity contribution >= 4 is 5.91 Å². The average molecular weight is 238 g/mol. The van der Waals surface area contributed by atoms with Crippen LogP contribution in [0.2, 0.25) is 0 Å². The summed E-state index contributed by atoms with van der Waals surface area (Å²) in [5.74, 6) is -0.446. The predicted molar refractivity (Wildman–Crippen MR) is 65.8 cm³/mol. The summed E-state index contributed by atoms with van der Waals surface area (Å²) in [6.45, 7) is 3.83. The molecule has 0 aliphatic carbocycles. The number of hydrogen-bond donors (Lipinski definition) is 2. The van der Waals surface area contributed by atoms with Crippen LogP contribution in [-0.4, -0.2) is 11.9 Å². The van der Waals surface area contributed by atoms with Gasteiger partial charge in [-0.1, -0.05) is 25.5 Å². The van der Waals surface area contributed by atoms with E-state index in [1.54, 1.807) is 12.1 Å². The first-order valence-corrected chi connectivity index (χ1v) is 5.86. The summed E-state index contributed by atoms with van der Waals surface area (Å²) in [5, 5.41) is 2.81. The highest BCUT2D eigenvalue weighted by Crippen LogP contribution is 2.13. The summed E-state index contributed by atoms with van der Waals surface area (Å²) in [6.07, 6.45) is 1.54. The van der Waals surface area contributed by atoms with Crippen molar-refractivity contribution in [3.05, 3.63) is 35.6 Å². The van der Waals surface area contributed by atoms with Gasteiger partial charge >= 0.3 is 0 Å². The van der Waals surface area contributed by atoms with Crippen LogP contribution in [0.25, 0.3) is 0 Å². The molecule has 3 nitrogen and oxygen atoms in total. The molecule has 1 amide bonds. The van der Waals surface area contributed by atoms with Gasteiger partial charge in [0.1, 0.15) is 5.82 Å². The normalized spacial score (nSPS) is 14.1. The number of rotatable bonds is 5. The van der Waals surface area contributed by atoms with Gasteiger partial charge in [0.05, 0.1) is 12.1 Å². The molecule has 0 spiro atoms. The monoisotopic (exact) mass is 238 g/mol. The summed E-state index contributed by atoms with van der Waals surface area (Å²) in [4.78, 5) is 11.7. The third-order valence-electron chi connectivity index (χ3n) is 2.67. The highest BCUT2D eigenvalue weighted by atomic mass is 19.1. The molecule has 0 heterocycles. The summed E-state index contributed by atoms with van der Waals surface area (Å²) in [6, 6.07) is 5.44. The smallest absolute Gasteiger partial charge is 0.237 e. The Morgan fingerprint density at radius 2 is 2.00 bits per heavy atom. The number of amides is 1. The number of carbonyl (C=O) groups is 1. The zero-order chi connectivity index (χ0) is 12.8. The fraction of sp³-hybridized carbons (Fsp3) is 0.462. The molecule has 1 aromatic carbocycles. The van der Waals surface area contributed by atoms with E-state index in [0.29, 0.717) is 6.42 Å². The lowest BCUT2D eigenvalue weighted by Gasteiger charge is -2.17. The van der Waals surface area contributed by atoms with E-state index in [2.05, 4.69) is 5.32 Å². The van der Waals surface area contributed by atoms with Crippen LogP contribution in [0.4, 0.5) is 4.39 Å². The minimum atomic E-state index is -0.470. The van der Waals surface area contributed by atoms with Gasteiger partial charge in [0.25, 0.3) is 0 Å². The topological polar surface area (TPSA) is 55.1 Å². The number of carbonyl (C=O) groups excluding carboxylic acids is 1. The zero-order valence-electron chi connectivity index (χ0n) is 10.2. The van der Waals surface area contributed by atoms with E-state index in [-0.39, 0.29) is 17.8 Å². The van der Waals surface area contributed by atoms with E-state index in [4.69, 9.17) is 5.73 Å². The zero-order valence-corrected chi connectivity index (χ0v) is 10.2. The standard InChI is InChI=1S/C13H19FN2O/c1-3-4-12(15)13(17)16-9(2)10-5-7-11(14)8-6-10/h5-9,12H,3-4,15H2,1-2H3,(H,16,17). The van der Waals surface area contributed by atoms with Gasteiger partial charge in [0.2, 0.25) is 5.91 Å². The number of halogens is 1. The molecular weight excluding hydrogens is 219 g/mol. The van der Waals surface area contributed by atoms with Gasteiger partial charge in [-0.15, -0.1) is 0 Å². The van der Waals surface area contributed by atoms with Crippen LogP contribution in [-0.2, 0) is 4.79 Å². The van der Waals surface area contributed by atoms with E-state index >= 15 is 0 Å². The molecule has 0 aliphatic rings. The number of nitrogens with one attached hydrogen (secondary N) is 1. The Hall–Kier alpha value is -1.42. The van der Waals surface area contributed by atoms with Crippen LogP contribution >= 0.6 is 0 Å². The van der Waals surface area contributed by atoms with E-state index in [9.17, 15) is 9.18 Å². The van der Waals surface area contributed by atoms with Crippen LogP contribution in [0.15, 0.2) is 24.3 Å². The molecule has 1 aromatic rings. The van der Waals surface area contributed by atoms with Gasteiger partial charge in [-0.25, -0.2) is 4.39 Å². The Labute approximate surface area is 101 Å². The number of hydrogen-bond acceptors (Lipinski definition) is 2. The van der Waals surface area contributed by atoms with Crippen LogP contribution in [0.1, 0.15) is 38.3 Å². The van der Waals surface area contributed by atoms with E-state index in [1.165, 1.54) is 12.1 Å². The number of benzene rings is 1. The van der Waals surface area contributed by atoms with Crippen molar-refractivity contribution in [1.82, 2.24) is 5.32 Å². The minimum Gasteiger partial charge on any atom is -0.348 e. The fourth-order valence-electron chi connectivity index (χ4n) is 1.60. The van der Waals surface area contributed by atoms with Crippen LogP contribution in [0, 0.1) is 5.82 Å². The lowest BCUT2D eigenvalue weighted by molar-refractivity contribution is -0.123. The van der Waals surface area contributed by atoms with Crippen LogP contribution < -0.4 is 11.1 Å². The van der Waals surface area contributed by atoms with Crippen molar-refractivity contribution in [2.45, 2.75) is 38.8 Å². The first-order chi connectivity index (χ1) is 8.04. The Morgan fingerprint density at radius 3 is 2.53 bits per heavy atom. The van der Waals surface area contributed by atoms with Gasteiger partial charge in [0, 0.05) is 0 Å². The molecule has 2 atom stereocenters. The fourth-order valence-corrected chi connectivity index (χ4v) is 1.60. The second-order valence-electron chi connectivity index (χ2n) is 4.18. The Bertz CT molecular complexity index is 364. The van der Waals surface area contributed by atoms with Crippen molar-refractivity contribution in [3.8, 4) is 0 Å². The van der Waals surface area contributed by atoms with Gasteiger partial charge in [0.15, 0.2) is 0 Å². The molecule has 17 heavy (non-hydrogen) atoms. The molecule has 4 heteroatoms. The maximum atomic E-state index is 12.7. The van der Waals surface area contributed by atoms with Gasteiger partial charge in [-0.3, -0.25) is 4.79 Å². The first kappa shape index (κ1) is 13.6. The minimum absolute atomic E-state index is 0.161. The maximum Gasteiger partial charge on any atom is 0.237 e. The van der Waals surface area contributed by atoms with Crippen molar-refractivity contribution in [2.24, 2.45) is 5.73 Å². The van der Waals surface area contributed by atoms with Crippen molar-refractivity contribution in [2.75, 3.05) is 0 Å². The second kappa shape index (κ2) is 6.35.